The molecule has 0 spiro atoms. The van der Waals surface area contributed by atoms with Gasteiger partial charge in [-0.25, -0.2) is 0 Å². The van der Waals surface area contributed by atoms with Gasteiger partial charge in [-0.1, -0.05) is 6.07 Å². The third-order valence-electron chi connectivity index (χ3n) is 4.48. The van der Waals surface area contributed by atoms with Crippen LogP contribution in [0.15, 0.2) is 49.1 Å². The van der Waals surface area contributed by atoms with E-state index in [9.17, 15) is 9.90 Å². The lowest BCUT2D eigenvalue weighted by Gasteiger charge is -2.37. The standard InChI is InChI=1S/C17H17N5O2/c23-12-8-11(9-12)15(14-5-1-2-6-18-14)20-17(24)13-4-3-7-22-10-19-21-16(13)22/h1-7,10-12,15,23H,8-9H2,(H,20,24)/t11?,12?,15-/m1/s1. The number of aromatic nitrogens is 4. The first-order valence-corrected chi connectivity index (χ1v) is 7.90. The van der Waals surface area contributed by atoms with Gasteiger partial charge in [0.05, 0.1) is 23.4 Å². The monoisotopic (exact) mass is 323 g/mol. The second-order valence-electron chi connectivity index (χ2n) is 6.07. The van der Waals surface area contributed by atoms with Crippen LogP contribution in [0.5, 0.6) is 0 Å². The predicted molar refractivity (Wildman–Crippen MR) is 86.2 cm³/mol. The number of fused-ring (bicyclic) bond motifs is 1. The average molecular weight is 323 g/mol. The minimum absolute atomic E-state index is 0.177. The average Bonchev–Trinajstić information content (AvgIpc) is 3.06. The van der Waals surface area contributed by atoms with E-state index < -0.39 is 0 Å². The maximum absolute atomic E-state index is 12.8. The maximum Gasteiger partial charge on any atom is 0.255 e. The zero-order valence-corrected chi connectivity index (χ0v) is 12.9. The van der Waals surface area contributed by atoms with Crippen LogP contribution in [0.2, 0.25) is 0 Å². The van der Waals surface area contributed by atoms with Crippen LogP contribution in [0.1, 0.15) is 34.9 Å². The van der Waals surface area contributed by atoms with E-state index in [0.29, 0.717) is 24.1 Å². The number of amides is 1. The number of nitrogens with one attached hydrogen (secondary N) is 1. The molecule has 1 fully saturated rings. The normalized spacial score (nSPS) is 21.2. The number of aliphatic hydroxyl groups excluding tert-OH is 1. The van der Waals surface area contributed by atoms with Gasteiger partial charge in [0.25, 0.3) is 5.91 Å². The Bertz CT molecular complexity index is 858. The zero-order chi connectivity index (χ0) is 16.5. The molecule has 3 aromatic rings. The van der Waals surface area contributed by atoms with Crippen LogP contribution in [0, 0.1) is 5.92 Å². The molecule has 0 radical (unpaired) electrons. The van der Waals surface area contributed by atoms with Crippen molar-refractivity contribution in [1.29, 1.82) is 0 Å². The largest absolute Gasteiger partial charge is 0.393 e. The lowest BCUT2D eigenvalue weighted by molar-refractivity contribution is 0.0228. The Hall–Kier alpha value is -2.80. The summed E-state index contributed by atoms with van der Waals surface area (Å²) in [6.07, 6.45) is 6.10. The van der Waals surface area contributed by atoms with Crippen molar-refractivity contribution in [3.63, 3.8) is 0 Å². The van der Waals surface area contributed by atoms with E-state index in [1.54, 1.807) is 35.3 Å². The first kappa shape index (κ1) is 14.8. The molecule has 1 saturated carbocycles. The van der Waals surface area contributed by atoms with E-state index in [0.717, 1.165) is 5.69 Å². The fraction of sp³-hybridized carbons (Fsp3) is 0.294. The van der Waals surface area contributed by atoms with Crippen molar-refractivity contribution in [2.75, 3.05) is 0 Å². The molecule has 7 nitrogen and oxygen atoms in total. The van der Waals surface area contributed by atoms with Crippen LogP contribution < -0.4 is 5.32 Å². The number of pyridine rings is 2. The minimum atomic E-state index is -0.293. The molecular weight excluding hydrogens is 306 g/mol. The Labute approximate surface area is 138 Å². The molecule has 0 aliphatic heterocycles. The third kappa shape index (κ3) is 2.63. The van der Waals surface area contributed by atoms with E-state index in [1.165, 1.54) is 0 Å². The summed E-state index contributed by atoms with van der Waals surface area (Å²) >= 11 is 0. The first-order valence-electron chi connectivity index (χ1n) is 7.90. The van der Waals surface area contributed by atoms with Gasteiger partial charge in [-0.15, -0.1) is 10.2 Å². The summed E-state index contributed by atoms with van der Waals surface area (Å²) in [6.45, 7) is 0. The van der Waals surface area contributed by atoms with Gasteiger partial charge in [-0.3, -0.25) is 14.2 Å². The lowest BCUT2D eigenvalue weighted by atomic mass is 9.76. The van der Waals surface area contributed by atoms with Gasteiger partial charge in [-0.05, 0) is 43.0 Å². The highest BCUT2D eigenvalue weighted by Crippen LogP contribution is 2.37. The SMILES string of the molecule is O=C(N[C@@H](c1ccccn1)C1CC(O)C1)c1cccn2cnnc12. The molecule has 2 N–H and O–H groups in total. The molecule has 7 heteroatoms. The Balaban J connectivity index is 1.62. The van der Waals surface area contributed by atoms with Crippen molar-refractivity contribution in [1.82, 2.24) is 24.9 Å². The van der Waals surface area contributed by atoms with Crippen LogP contribution >= 0.6 is 0 Å². The Kier molecular flexibility index (Phi) is 3.70. The molecule has 122 valence electrons. The number of rotatable bonds is 4. The van der Waals surface area contributed by atoms with Crippen molar-refractivity contribution in [2.45, 2.75) is 25.0 Å². The highest BCUT2D eigenvalue weighted by molar-refractivity contribution is 5.99. The van der Waals surface area contributed by atoms with Gasteiger partial charge < -0.3 is 10.4 Å². The fourth-order valence-corrected chi connectivity index (χ4v) is 3.14. The summed E-state index contributed by atoms with van der Waals surface area (Å²) in [5.41, 5.74) is 1.79. The van der Waals surface area contributed by atoms with Gasteiger partial charge in [0.2, 0.25) is 0 Å². The van der Waals surface area contributed by atoms with Gasteiger partial charge in [-0.2, -0.15) is 0 Å². The summed E-state index contributed by atoms with van der Waals surface area (Å²) in [7, 11) is 0. The molecule has 24 heavy (non-hydrogen) atoms. The highest BCUT2D eigenvalue weighted by atomic mass is 16.3. The zero-order valence-electron chi connectivity index (χ0n) is 12.9. The smallest absolute Gasteiger partial charge is 0.255 e. The third-order valence-corrected chi connectivity index (χ3v) is 4.48. The number of carbonyl (C=O) groups is 1. The molecule has 0 bridgehead atoms. The van der Waals surface area contributed by atoms with Gasteiger partial charge >= 0.3 is 0 Å². The first-order chi connectivity index (χ1) is 11.7. The van der Waals surface area contributed by atoms with Crippen molar-refractivity contribution in [3.8, 4) is 0 Å². The van der Waals surface area contributed by atoms with Crippen molar-refractivity contribution in [3.05, 3.63) is 60.3 Å². The number of hydrogen-bond acceptors (Lipinski definition) is 5. The molecule has 1 amide bonds. The molecule has 0 unspecified atom stereocenters. The summed E-state index contributed by atoms with van der Waals surface area (Å²) in [5.74, 6) is -0.0397. The van der Waals surface area contributed by atoms with Crippen molar-refractivity contribution >= 4 is 11.6 Å². The second kappa shape index (κ2) is 6.01. The van der Waals surface area contributed by atoms with E-state index in [4.69, 9.17) is 0 Å². The lowest BCUT2D eigenvalue weighted by Crippen LogP contribution is -2.41. The minimum Gasteiger partial charge on any atom is -0.393 e. The van der Waals surface area contributed by atoms with E-state index in [1.807, 2.05) is 18.2 Å². The summed E-state index contributed by atoms with van der Waals surface area (Å²) < 4.78 is 1.71. The molecule has 1 aliphatic rings. The van der Waals surface area contributed by atoms with Crippen molar-refractivity contribution in [2.24, 2.45) is 5.92 Å². The van der Waals surface area contributed by atoms with E-state index in [-0.39, 0.29) is 24.0 Å². The number of hydrogen-bond donors (Lipinski definition) is 2. The topological polar surface area (TPSA) is 92.4 Å². The van der Waals surface area contributed by atoms with E-state index >= 15 is 0 Å². The quantitative estimate of drug-likeness (QED) is 0.756. The maximum atomic E-state index is 12.8. The molecule has 1 atom stereocenters. The molecule has 0 saturated heterocycles. The molecule has 4 rings (SSSR count). The van der Waals surface area contributed by atoms with Gasteiger partial charge in [0, 0.05) is 12.4 Å². The summed E-state index contributed by atoms with van der Waals surface area (Å²) in [4.78, 5) is 17.2. The Morgan fingerprint density at radius 1 is 1.29 bits per heavy atom. The molecule has 1 aliphatic carbocycles. The fourth-order valence-electron chi connectivity index (χ4n) is 3.14. The van der Waals surface area contributed by atoms with Crippen LogP contribution in [-0.4, -0.2) is 36.7 Å². The number of carbonyl (C=O) groups excluding carboxylic acids is 1. The van der Waals surface area contributed by atoms with Gasteiger partial charge in [0.1, 0.15) is 6.33 Å². The van der Waals surface area contributed by atoms with Crippen LogP contribution in [-0.2, 0) is 0 Å². The van der Waals surface area contributed by atoms with Gasteiger partial charge in [0.15, 0.2) is 5.65 Å². The Morgan fingerprint density at radius 3 is 2.92 bits per heavy atom. The Morgan fingerprint density at radius 2 is 2.17 bits per heavy atom. The molecule has 0 aromatic carbocycles. The number of nitrogens with zero attached hydrogens (tertiary/aromatic N) is 4. The van der Waals surface area contributed by atoms with Crippen LogP contribution in [0.25, 0.3) is 5.65 Å². The highest BCUT2D eigenvalue weighted by Gasteiger charge is 2.36. The summed E-state index contributed by atoms with van der Waals surface area (Å²) in [5, 5.41) is 20.5. The second-order valence-corrected chi connectivity index (χ2v) is 6.07. The van der Waals surface area contributed by atoms with Crippen molar-refractivity contribution < 1.29 is 9.90 Å². The molecule has 3 heterocycles. The number of aliphatic hydroxyl groups is 1. The predicted octanol–water partition coefficient (Wildman–Crippen LogP) is 1.37. The molecule has 3 aromatic heterocycles. The summed E-state index contributed by atoms with van der Waals surface area (Å²) in [6, 6.07) is 8.92. The van der Waals surface area contributed by atoms with Crippen LogP contribution in [0.3, 0.4) is 0 Å². The van der Waals surface area contributed by atoms with Crippen LogP contribution in [0.4, 0.5) is 0 Å². The molecular formula is C17H17N5O2. The van der Waals surface area contributed by atoms with E-state index in [2.05, 4.69) is 20.5 Å².